The summed E-state index contributed by atoms with van der Waals surface area (Å²) >= 11 is 0. The van der Waals surface area contributed by atoms with E-state index < -0.39 is 23.4 Å². The summed E-state index contributed by atoms with van der Waals surface area (Å²) in [5.74, 6) is 0.00523. The third-order valence-electron chi connectivity index (χ3n) is 4.32. The van der Waals surface area contributed by atoms with E-state index in [2.05, 4.69) is 10.6 Å². The maximum absolute atomic E-state index is 12.7. The first-order chi connectivity index (χ1) is 12.2. The number of anilines is 1. The van der Waals surface area contributed by atoms with Gasteiger partial charge in [-0.2, -0.15) is 0 Å². The summed E-state index contributed by atoms with van der Waals surface area (Å²) in [6.45, 7) is 6.80. The van der Waals surface area contributed by atoms with Gasteiger partial charge in [-0.25, -0.2) is 4.79 Å². The van der Waals surface area contributed by atoms with Crippen molar-refractivity contribution in [3.05, 3.63) is 53.0 Å². The van der Waals surface area contributed by atoms with Crippen LogP contribution in [0.3, 0.4) is 0 Å². The minimum atomic E-state index is -1.31. The van der Waals surface area contributed by atoms with E-state index in [1.165, 1.54) is 0 Å². The van der Waals surface area contributed by atoms with Crippen molar-refractivity contribution >= 4 is 23.5 Å². The number of aryl methyl sites for hydroxylation is 3. The third-order valence-corrected chi connectivity index (χ3v) is 4.32. The monoisotopic (exact) mass is 355 g/mol. The van der Waals surface area contributed by atoms with E-state index in [9.17, 15) is 14.4 Å². The summed E-state index contributed by atoms with van der Waals surface area (Å²) in [6.07, 6.45) is 0. The predicted octanol–water partition coefficient (Wildman–Crippen LogP) is 2.61. The van der Waals surface area contributed by atoms with Crippen molar-refractivity contribution < 1.29 is 18.8 Å². The number of nitrogens with one attached hydrogen (secondary N) is 2. The lowest BCUT2D eigenvalue weighted by atomic mass is 9.99. The van der Waals surface area contributed by atoms with Crippen LogP contribution in [0.2, 0.25) is 0 Å². The predicted molar refractivity (Wildman–Crippen MR) is 95.6 cm³/mol. The molecule has 1 saturated heterocycles. The second-order valence-electron chi connectivity index (χ2n) is 6.78. The van der Waals surface area contributed by atoms with E-state index in [0.29, 0.717) is 17.2 Å². The molecule has 1 atom stereocenters. The molecule has 1 aliphatic rings. The summed E-state index contributed by atoms with van der Waals surface area (Å²) < 4.78 is 5.50. The average molecular weight is 355 g/mol. The Kier molecular flexibility index (Phi) is 4.31. The highest BCUT2D eigenvalue weighted by atomic mass is 16.3. The number of carbonyl (C=O) groups excluding carboxylic acids is 3. The molecule has 0 saturated carbocycles. The van der Waals surface area contributed by atoms with Crippen molar-refractivity contribution in [2.24, 2.45) is 0 Å². The lowest BCUT2D eigenvalue weighted by Crippen LogP contribution is -2.41. The maximum Gasteiger partial charge on any atom is 0.325 e. The van der Waals surface area contributed by atoms with Crippen molar-refractivity contribution in [1.29, 1.82) is 0 Å². The molecule has 2 aromatic rings. The Morgan fingerprint density at radius 1 is 1.15 bits per heavy atom. The fourth-order valence-electron chi connectivity index (χ4n) is 3.10. The van der Waals surface area contributed by atoms with Crippen LogP contribution in [0.15, 0.2) is 34.7 Å². The van der Waals surface area contributed by atoms with Crippen LogP contribution in [-0.4, -0.2) is 29.3 Å². The zero-order valence-corrected chi connectivity index (χ0v) is 15.2. The van der Waals surface area contributed by atoms with Gasteiger partial charge in [-0.05, 0) is 63.1 Å². The van der Waals surface area contributed by atoms with Gasteiger partial charge in [0.15, 0.2) is 5.54 Å². The molecule has 2 N–H and O–H groups in total. The molecule has 0 spiro atoms. The highest BCUT2D eigenvalue weighted by molar-refractivity contribution is 6.10. The largest absolute Gasteiger partial charge is 0.463 e. The van der Waals surface area contributed by atoms with Crippen LogP contribution in [-0.2, 0) is 15.1 Å². The van der Waals surface area contributed by atoms with Crippen LogP contribution in [0.4, 0.5) is 10.5 Å². The fraction of sp³-hybridized carbons (Fsp3) is 0.316. The minimum Gasteiger partial charge on any atom is -0.463 e. The number of imide groups is 1. The molecule has 0 radical (unpaired) electrons. The van der Waals surface area contributed by atoms with Crippen LogP contribution in [0.1, 0.15) is 29.6 Å². The normalized spacial score (nSPS) is 19.6. The lowest BCUT2D eigenvalue weighted by Gasteiger charge is -2.19. The zero-order chi connectivity index (χ0) is 19.1. The first-order valence-corrected chi connectivity index (χ1v) is 8.28. The van der Waals surface area contributed by atoms with Gasteiger partial charge in [0.25, 0.3) is 5.91 Å². The number of hydrogen-bond acceptors (Lipinski definition) is 4. The Bertz CT molecular complexity index is 882. The molecule has 2 heterocycles. The molecule has 136 valence electrons. The molecular weight excluding hydrogens is 334 g/mol. The van der Waals surface area contributed by atoms with E-state index in [4.69, 9.17) is 4.42 Å². The zero-order valence-electron chi connectivity index (χ0n) is 15.2. The SMILES string of the molecule is Cc1cc(C)cc(NC(=O)CN2C(=O)NC(C)(c3ccc(C)o3)C2=O)c1. The summed E-state index contributed by atoms with van der Waals surface area (Å²) in [5, 5.41) is 5.34. The van der Waals surface area contributed by atoms with E-state index in [1.807, 2.05) is 32.0 Å². The molecule has 0 aliphatic carbocycles. The number of rotatable bonds is 4. The van der Waals surface area contributed by atoms with E-state index in [-0.39, 0.29) is 6.54 Å². The molecule has 7 nitrogen and oxygen atoms in total. The Morgan fingerprint density at radius 3 is 2.38 bits per heavy atom. The minimum absolute atomic E-state index is 0.338. The van der Waals surface area contributed by atoms with Crippen LogP contribution in [0.5, 0.6) is 0 Å². The quantitative estimate of drug-likeness (QED) is 0.825. The number of hydrogen-bond donors (Lipinski definition) is 2. The molecule has 1 aromatic heterocycles. The lowest BCUT2D eigenvalue weighted by molar-refractivity contribution is -0.134. The first kappa shape index (κ1) is 17.7. The standard InChI is InChI=1S/C19H21N3O4/c1-11-7-12(2)9-14(8-11)20-16(23)10-22-17(24)19(4,21-18(22)25)15-6-5-13(3)26-15/h5-9H,10H2,1-4H3,(H,20,23)(H,21,25). The van der Waals surface area contributed by atoms with E-state index >= 15 is 0 Å². The summed E-state index contributed by atoms with van der Waals surface area (Å²) in [7, 11) is 0. The average Bonchev–Trinajstić information content (AvgIpc) is 3.05. The number of urea groups is 1. The van der Waals surface area contributed by atoms with Gasteiger partial charge in [0.05, 0.1) is 0 Å². The Hall–Kier alpha value is -3.09. The van der Waals surface area contributed by atoms with Crippen molar-refractivity contribution in [3.8, 4) is 0 Å². The van der Waals surface area contributed by atoms with E-state index in [1.54, 1.807) is 26.0 Å². The molecule has 1 aliphatic heterocycles. The number of nitrogens with zero attached hydrogens (tertiary/aromatic N) is 1. The second-order valence-corrected chi connectivity index (χ2v) is 6.78. The van der Waals surface area contributed by atoms with Crippen molar-refractivity contribution in [3.63, 3.8) is 0 Å². The van der Waals surface area contributed by atoms with Crippen molar-refractivity contribution in [2.75, 3.05) is 11.9 Å². The number of carbonyl (C=O) groups is 3. The van der Waals surface area contributed by atoms with Gasteiger partial charge in [-0.1, -0.05) is 6.07 Å². The molecule has 1 aromatic carbocycles. The van der Waals surface area contributed by atoms with Gasteiger partial charge in [0.2, 0.25) is 5.91 Å². The Labute approximate surface area is 151 Å². The molecular formula is C19H21N3O4. The van der Waals surface area contributed by atoms with Gasteiger partial charge in [0.1, 0.15) is 18.1 Å². The van der Waals surface area contributed by atoms with Crippen LogP contribution in [0.25, 0.3) is 0 Å². The van der Waals surface area contributed by atoms with Gasteiger partial charge in [0, 0.05) is 5.69 Å². The number of amides is 4. The van der Waals surface area contributed by atoms with Crippen LogP contribution in [0, 0.1) is 20.8 Å². The molecule has 26 heavy (non-hydrogen) atoms. The second kappa shape index (κ2) is 6.33. The fourth-order valence-corrected chi connectivity index (χ4v) is 3.10. The van der Waals surface area contributed by atoms with Crippen LogP contribution >= 0.6 is 0 Å². The summed E-state index contributed by atoms with van der Waals surface area (Å²) in [4.78, 5) is 38.2. The summed E-state index contributed by atoms with van der Waals surface area (Å²) in [6, 6.07) is 8.38. The van der Waals surface area contributed by atoms with Gasteiger partial charge < -0.3 is 15.1 Å². The summed E-state index contributed by atoms with van der Waals surface area (Å²) in [5.41, 5.74) is 1.34. The Morgan fingerprint density at radius 2 is 1.81 bits per heavy atom. The maximum atomic E-state index is 12.7. The van der Waals surface area contributed by atoms with E-state index in [0.717, 1.165) is 16.0 Å². The van der Waals surface area contributed by atoms with Crippen molar-refractivity contribution in [2.45, 2.75) is 33.2 Å². The van der Waals surface area contributed by atoms with Gasteiger partial charge in [-0.3, -0.25) is 14.5 Å². The molecule has 1 unspecified atom stereocenters. The molecule has 1 fully saturated rings. The number of furan rings is 1. The molecule has 0 bridgehead atoms. The highest BCUT2D eigenvalue weighted by Gasteiger charge is 2.51. The van der Waals surface area contributed by atoms with Gasteiger partial charge >= 0.3 is 6.03 Å². The Balaban J connectivity index is 1.74. The third kappa shape index (κ3) is 3.20. The van der Waals surface area contributed by atoms with Gasteiger partial charge in [-0.15, -0.1) is 0 Å². The number of benzene rings is 1. The molecule has 4 amide bonds. The highest BCUT2D eigenvalue weighted by Crippen LogP contribution is 2.30. The van der Waals surface area contributed by atoms with Crippen molar-refractivity contribution in [1.82, 2.24) is 10.2 Å². The first-order valence-electron chi connectivity index (χ1n) is 8.28. The molecule has 3 rings (SSSR count). The smallest absolute Gasteiger partial charge is 0.325 e. The molecule has 7 heteroatoms. The topological polar surface area (TPSA) is 91.7 Å². The van der Waals surface area contributed by atoms with Crippen LogP contribution < -0.4 is 10.6 Å².